The molecule has 0 spiro atoms. The molecule has 2 rings (SSSR count). The smallest absolute Gasteiger partial charge is 0.155 e. The maximum absolute atomic E-state index is 5.17. The molecule has 0 aliphatic carbocycles. The Morgan fingerprint density at radius 3 is 3.00 bits per heavy atom. The van der Waals surface area contributed by atoms with E-state index in [4.69, 9.17) is 4.74 Å². The summed E-state index contributed by atoms with van der Waals surface area (Å²) < 4.78 is 8.00. The van der Waals surface area contributed by atoms with Crippen LogP contribution < -0.4 is 5.32 Å². The average molecular weight is 313 g/mol. The van der Waals surface area contributed by atoms with Gasteiger partial charge in [-0.3, -0.25) is 4.40 Å². The molecule has 0 aliphatic heterocycles. The number of imidazole rings is 1. The van der Waals surface area contributed by atoms with E-state index >= 15 is 0 Å². The lowest BCUT2D eigenvalue weighted by Crippen LogP contribution is -2.32. The fourth-order valence-electron chi connectivity index (χ4n) is 1.82. The van der Waals surface area contributed by atoms with E-state index in [0.29, 0.717) is 6.04 Å². The molecule has 0 saturated carbocycles. The van der Waals surface area contributed by atoms with Gasteiger partial charge in [0.1, 0.15) is 4.60 Å². The number of hydrogen-bond donors (Lipinski definition) is 1. The third-order valence-corrected chi connectivity index (χ3v) is 3.28. The van der Waals surface area contributed by atoms with Gasteiger partial charge in [-0.05, 0) is 22.4 Å². The number of methoxy groups -OCH3 is 1. The van der Waals surface area contributed by atoms with E-state index in [0.717, 1.165) is 35.5 Å². The average Bonchev–Trinajstić information content (AvgIpc) is 2.77. The highest BCUT2D eigenvalue weighted by Gasteiger charge is 2.08. The third kappa shape index (κ3) is 3.07. The van der Waals surface area contributed by atoms with Crippen molar-refractivity contribution in [3.63, 3.8) is 0 Å². The van der Waals surface area contributed by atoms with E-state index in [1.54, 1.807) is 13.3 Å². The summed E-state index contributed by atoms with van der Waals surface area (Å²) in [5.41, 5.74) is 1.97. The Morgan fingerprint density at radius 2 is 2.28 bits per heavy atom. The molecule has 1 unspecified atom stereocenters. The molecule has 0 fully saturated rings. The second-order valence-electron chi connectivity index (χ2n) is 4.13. The maximum Gasteiger partial charge on any atom is 0.155 e. The van der Waals surface area contributed by atoms with Crippen molar-refractivity contribution >= 4 is 21.6 Å². The van der Waals surface area contributed by atoms with E-state index < -0.39 is 0 Å². The molecule has 0 amide bonds. The Hall–Kier alpha value is -0.980. The summed E-state index contributed by atoms with van der Waals surface area (Å²) >= 11 is 3.37. The van der Waals surface area contributed by atoms with Crippen LogP contribution in [-0.2, 0) is 11.3 Å². The van der Waals surface area contributed by atoms with Crippen LogP contribution >= 0.6 is 15.9 Å². The van der Waals surface area contributed by atoms with Crippen LogP contribution in [-0.4, -0.2) is 34.1 Å². The van der Waals surface area contributed by atoms with E-state index in [2.05, 4.69) is 38.1 Å². The first-order chi connectivity index (χ1) is 8.74. The van der Waals surface area contributed by atoms with Crippen LogP contribution in [0.1, 0.15) is 19.0 Å². The second kappa shape index (κ2) is 6.26. The van der Waals surface area contributed by atoms with Crippen LogP contribution in [0.2, 0.25) is 0 Å². The van der Waals surface area contributed by atoms with Gasteiger partial charge in [-0.1, -0.05) is 6.92 Å². The molecule has 2 heterocycles. The largest absolute Gasteiger partial charge is 0.383 e. The lowest BCUT2D eigenvalue weighted by Gasteiger charge is -2.15. The zero-order chi connectivity index (χ0) is 13.0. The number of nitrogens with zero attached hydrogens (tertiary/aromatic N) is 3. The lowest BCUT2D eigenvalue weighted by atomic mass is 10.2. The molecule has 0 radical (unpaired) electrons. The monoisotopic (exact) mass is 312 g/mol. The molecule has 98 valence electrons. The Balaban J connectivity index is 2.09. The van der Waals surface area contributed by atoms with Gasteiger partial charge >= 0.3 is 0 Å². The van der Waals surface area contributed by atoms with Gasteiger partial charge in [-0.15, -0.1) is 0 Å². The molecule has 6 heteroatoms. The van der Waals surface area contributed by atoms with Gasteiger partial charge in [0, 0.05) is 25.9 Å². The summed E-state index contributed by atoms with van der Waals surface area (Å²) in [5, 5.41) is 3.46. The minimum atomic E-state index is 0.367. The molecule has 1 atom stereocenters. The first-order valence-electron chi connectivity index (χ1n) is 5.94. The van der Waals surface area contributed by atoms with Crippen LogP contribution in [0, 0.1) is 0 Å². The minimum absolute atomic E-state index is 0.367. The SMILES string of the molecule is CCC(COC)NCc1cnc2cnc(Br)cn12. The predicted molar refractivity (Wildman–Crippen MR) is 73.5 cm³/mol. The number of aromatic nitrogens is 3. The molecule has 2 aromatic rings. The Kier molecular flexibility index (Phi) is 4.68. The molecule has 5 nitrogen and oxygen atoms in total. The van der Waals surface area contributed by atoms with Gasteiger partial charge < -0.3 is 10.1 Å². The van der Waals surface area contributed by atoms with Gasteiger partial charge in [0.25, 0.3) is 0 Å². The van der Waals surface area contributed by atoms with E-state index in [1.165, 1.54) is 0 Å². The van der Waals surface area contributed by atoms with Crippen molar-refractivity contribution in [2.24, 2.45) is 0 Å². The molecule has 0 aromatic carbocycles. The zero-order valence-electron chi connectivity index (χ0n) is 10.6. The predicted octanol–water partition coefficient (Wildman–Crippen LogP) is 2.01. The molecule has 1 N–H and O–H groups in total. The number of hydrogen-bond acceptors (Lipinski definition) is 4. The molecule has 0 bridgehead atoms. The standard InChI is InChI=1S/C12H17BrN4O/c1-3-9(8-18-2)14-4-10-5-16-12-6-15-11(13)7-17(10)12/h5-7,9,14H,3-4,8H2,1-2H3. The summed E-state index contributed by atoms with van der Waals surface area (Å²) in [6, 6.07) is 0.367. The number of nitrogens with one attached hydrogen (secondary N) is 1. The Morgan fingerprint density at radius 1 is 1.44 bits per heavy atom. The maximum atomic E-state index is 5.17. The summed E-state index contributed by atoms with van der Waals surface area (Å²) in [6.07, 6.45) is 6.59. The quantitative estimate of drug-likeness (QED) is 0.886. The molecule has 0 aliphatic rings. The summed E-state index contributed by atoms with van der Waals surface area (Å²) in [4.78, 5) is 8.47. The molecular formula is C12H17BrN4O. The number of ether oxygens (including phenoxy) is 1. The van der Waals surface area contributed by atoms with Gasteiger partial charge in [0.15, 0.2) is 5.65 Å². The van der Waals surface area contributed by atoms with Crippen molar-refractivity contribution in [1.82, 2.24) is 19.7 Å². The highest BCUT2D eigenvalue weighted by atomic mass is 79.9. The van der Waals surface area contributed by atoms with Crippen molar-refractivity contribution in [2.45, 2.75) is 25.9 Å². The first-order valence-corrected chi connectivity index (χ1v) is 6.73. The zero-order valence-corrected chi connectivity index (χ0v) is 12.1. The van der Waals surface area contributed by atoms with Crippen molar-refractivity contribution in [1.29, 1.82) is 0 Å². The highest BCUT2D eigenvalue weighted by Crippen LogP contribution is 2.10. The minimum Gasteiger partial charge on any atom is -0.383 e. The molecule has 2 aromatic heterocycles. The van der Waals surface area contributed by atoms with Crippen molar-refractivity contribution < 1.29 is 4.74 Å². The fraction of sp³-hybridized carbons (Fsp3) is 0.500. The van der Waals surface area contributed by atoms with Crippen molar-refractivity contribution in [3.8, 4) is 0 Å². The van der Waals surface area contributed by atoms with Crippen LogP contribution in [0.15, 0.2) is 23.2 Å². The molecule has 18 heavy (non-hydrogen) atoms. The van der Waals surface area contributed by atoms with Crippen LogP contribution in [0.25, 0.3) is 5.65 Å². The number of fused-ring (bicyclic) bond motifs is 1. The summed E-state index contributed by atoms with van der Waals surface area (Å²) in [5.74, 6) is 0. The van der Waals surface area contributed by atoms with Crippen molar-refractivity contribution in [3.05, 3.63) is 28.9 Å². The summed E-state index contributed by atoms with van der Waals surface area (Å²) in [6.45, 7) is 3.63. The van der Waals surface area contributed by atoms with Gasteiger partial charge in [0.2, 0.25) is 0 Å². The van der Waals surface area contributed by atoms with Crippen molar-refractivity contribution in [2.75, 3.05) is 13.7 Å². The fourth-order valence-corrected chi connectivity index (χ4v) is 2.13. The topological polar surface area (TPSA) is 51.5 Å². The van der Waals surface area contributed by atoms with E-state index in [-0.39, 0.29) is 0 Å². The van der Waals surface area contributed by atoms with E-state index in [9.17, 15) is 0 Å². The van der Waals surface area contributed by atoms with Gasteiger partial charge in [-0.2, -0.15) is 0 Å². The number of rotatable bonds is 6. The highest BCUT2D eigenvalue weighted by molar-refractivity contribution is 9.10. The van der Waals surface area contributed by atoms with Gasteiger partial charge in [-0.25, -0.2) is 9.97 Å². The molecular weight excluding hydrogens is 296 g/mol. The van der Waals surface area contributed by atoms with Crippen LogP contribution in [0.5, 0.6) is 0 Å². The van der Waals surface area contributed by atoms with Crippen LogP contribution in [0.4, 0.5) is 0 Å². The lowest BCUT2D eigenvalue weighted by molar-refractivity contribution is 0.163. The van der Waals surface area contributed by atoms with Gasteiger partial charge in [0.05, 0.1) is 24.7 Å². The van der Waals surface area contributed by atoms with E-state index in [1.807, 2.05) is 16.8 Å². The first kappa shape index (κ1) is 13.5. The Labute approximate surface area is 115 Å². The molecule has 0 saturated heterocycles. The van der Waals surface area contributed by atoms with Crippen LogP contribution in [0.3, 0.4) is 0 Å². The number of halogens is 1. The normalized spacial score (nSPS) is 13.1. The second-order valence-corrected chi connectivity index (χ2v) is 4.94. The Bertz CT molecular complexity index is 514. The third-order valence-electron chi connectivity index (χ3n) is 2.87. The summed E-state index contributed by atoms with van der Waals surface area (Å²) in [7, 11) is 1.72.